The summed E-state index contributed by atoms with van der Waals surface area (Å²) >= 11 is 5.80. The van der Waals surface area contributed by atoms with Gasteiger partial charge in [0.2, 0.25) is 0 Å². The summed E-state index contributed by atoms with van der Waals surface area (Å²) < 4.78 is 10.5. The van der Waals surface area contributed by atoms with E-state index in [1.807, 2.05) is 0 Å². The van der Waals surface area contributed by atoms with Crippen LogP contribution in [0, 0.1) is 0 Å². The number of likely N-dealkylation sites (N-methyl/N-ethyl adjacent to an activating group) is 1. The molecule has 2 aliphatic rings. The average Bonchev–Trinajstić information content (AvgIpc) is 2.84. The number of carbonyl (C=O) groups is 3. The third-order valence-corrected chi connectivity index (χ3v) is 5.45. The predicted octanol–water partition coefficient (Wildman–Crippen LogP) is 2.86. The van der Waals surface area contributed by atoms with Crippen molar-refractivity contribution in [3.8, 4) is 5.75 Å². The summed E-state index contributed by atoms with van der Waals surface area (Å²) in [6.07, 6.45) is 4.17. The van der Waals surface area contributed by atoms with Gasteiger partial charge in [0.1, 0.15) is 31.0 Å². The Balaban J connectivity index is 1.48. The first kappa shape index (κ1) is 19.5. The zero-order valence-electron chi connectivity index (χ0n) is 15.3. The van der Waals surface area contributed by atoms with Crippen LogP contribution in [-0.2, 0) is 14.3 Å². The van der Waals surface area contributed by atoms with Gasteiger partial charge in [0.25, 0.3) is 5.91 Å². The molecule has 1 aliphatic carbocycles. The fraction of sp³-hybridized carbons (Fsp3) is 0.526. The molecule has 27 heavy (non-hydrogen) atoms. The minimum Gasteiger partial charge on any atom is -0.490 e. The van der Waals surface area contributed by atoms with Crippen LogP contribution in [0.2, 0.25) is 5.02 Å². The van der Waals surface area contributed by atoms with Gasteiger partial charge in [-0.1, -0.05) is 30.9 Å². The smallest absolute Gasteiger partial charge is 0.327 e. The number of nitrogens with zero attached hydrogens (tertiary/aromatic N) is 2. The maximum Gasteiger partial charge on any atom is 0.327 e. The number of halogens is 1. The highest BCUT2D eigenvalue weighted by Crippen LogP contribution is 2.39. The van der Waals surface area contributed by atoms with Gasteiger partial charge in [-0.05, 0) is 37.1 Å². The molecule has 1 aliphatic heterocycles. The van der Waals surface area contributed by atoms with E-state index >= 15 is 0 Å². The van der Waals surface area contributed by atoms with Gasteiger partial charge in [-0.3, -0.25) is 14.5 Å². The molecule has 1 spiro atoms. The fourth-order valence-corrected chi connectivity index (χ4v) is 3.82. The summed E-state index contributed by atoms with van der Waals surface area (Å²) in [5, 5.41) is 0.606. The van der Waals surface area contributed by atoms with Gasteiger partial charge in [0, 0.05) is 12.1 Å². The van der Waals surface area contributed by atoms with Crippen LogP contribution in [0.3, 0.4) is 0 Å². The Morgan fingerprint density at radius 1 is 1.11 bits per heavy atom. The van der Waals surface area contributed by atoms with Crippen LogP contribution in [0.5, 0.6) is 5.75 Å². The number of ether oxygens (including phenoxy) is 2. The van der Waals surface area contributed by atoms with Gasteiger partial charge < -0.3 is 14.4 Å². The van der Waals surface area contributed by atoms with E-state index in [9.17, 15) is 14.4 Å². The van der Waals surface area contributed by atoms with Crippen molar-refractivity contribution in [3.63, 3.8) is 0 Å². The number of amides is 3. The quantitative estimate of drug-likeness (QED) is 0.421. The SMILES string of the molecule is CN1C(=O)N(CC(=O)OCCOc2ccc(Cl)cc2)C(=O)C12CCCCC2. The normalized spacial score (nSPS) is 18.9. The first-order valence-electron chi connectivity index (χ1n) is 9.08. The lowest BCUT2D eigenvalue weighted by Crippen LogP contribution is -2.49. The van der Waals surface area contributed by atoms with Crippen LogP contribution >= 0.6 is 11.6 Å². The van der Waals surface area contributed by atoms with Crippen molar-refractivity contribution in [1.29, 1.82) is 0 Å². The van der Waals surface area contributed by atoms with Gasteiger partial charge in [0.15, 0.2) is 0 Å². The van der Waals surface area contributed by atoms with Crippen LogP contribution in [0.15, 0.2) is 24.3 Å². The topological polar surface area (TPSA) is 76.2 Å². The van der Waals surface area contributed by atoms with Crippen molar-refractivity contribution in [1.82, 2.24) is 9.80 Å². The largest absolute Gasteiger partial charge is 0.490 e. The molecule has 1 aromatic carbocycles. The molecule has 1 heterocycles. The Morgan fingerprint density at radius 2 is 1.78 bits per heavy atom. The maximum absolute atomic E-state index is 12.8. The van der Waals surface area contributed by atoms with Crippen LogP contribution in [0.25, 0.3) is 0 Å². The van der Waals surface area contributed by atoms with Crippen LogP contribution in [0.4, 0.5) is 4.79 Å². The molecular weight excluding hydrogens is 372 g/mol. The van der Waals surface area contributed by atoms with E-state index in [1.54, 1.807) is 31.3 Å². The van der Waals surface area contributed by atoms with Gasteiger partial charge in [0.05, 0.1) is 0 Å². The molecule has 0 radical (unpaired) electrons. The molecule has 0 aromatic heterocycles. The van der Waals surface area contributed by atoms with E-state index in [-0.39, 0.29) is 25.7 Å². The zero-order chi connectivity index (χ0) is 19.4. The minimum atomic E-state index is -0.784. The molecule has 7 nitrogen and oxygen atoms in total. The summed E-state index contributed by atoms with van der Waals surface area (Å²) in [5.74, 6) is -0.303. The predicted molar refractivity (Wildman–Crippen MR) is 98.6 cm³/mol. The molecule has 0 atom stereocenters. The van der Waals surface area contributed by atoms with Crippen molar-refractivity contribution in [2.24, 2.45) is 0 Å². The molecule has 3 amide bonds. The lowest BCUT2D eigenvalue weighted by Gasteiger charge is -2.35. The molecule has 8 heteroatoms. The number of hydrogen-bond acceptors (Lipinski definition) is 5. The van der Waals surface area contributed by atoms with Gasteiger partial charge in [-0.25, -0.2) is 4.79 Å². The highest BCUT2D eigenvalue weighted by atomic mass is 35.5. The van der Waals surface area contributed by atoms with Crippen molar-refractivity contribution in [3.05, 3.63) is 29.3 Å². The van der Waals surface area contributed by atoms with Gasteiger partial charge >= 0.3 is 12.0 Å². The number of hydrogen-bond donors (Lipinski definition) is 0. The molecule has 146 valence electrons. The molecule has 2 fully saturated rings. The summed E-state index contributed by atoms with van der Waals surface area (Å²) in [6.45, 7) is -0.178. The average molecular weight is 395 g/mol. The Hall–Kier alpha value is -2.28. The second-order valence-electron chi connectivity index (χ2n) is 6.85. The van der Waals surface area contributed by atoms with Crippen LogP contribution in [0.1, 0.15) is 32.1 Å². The van der Waals surface area contributed by atoms with Gasteiger partial charge in [-0.15, -0.1) is 0 Å². The highest BCUT2D eigenvalue weighted by Gasteiger charge is 2.55. The first-order chi connectivity index (χ1) is 12.9. The summed E-state index contributed by atoms with van der Waals surface area (Å²) in [7, 11) is 1.64. The van der Waals surface area contributed by atoms with Crippen LogP contribution in [-0.4, -0.2) is 60.1 Å². The summed E-state index contributed by atoms with van der Waals surface area (Å²) in [4.78, 5) is 39.8. The Labute approximate surface area is 163 Å². The maximum atomic E-state index is 12.8. The number of imide groups is 1. The summed E-state index contributed by atoms with van der Waals surface area (Å²) in [5.41, 5.74) is -0.784. The molecular formula is C19H23ClN2O5. The molecule has 3 rings (SSSR count). The third kappa shape index (κ3) is 4.03. The Bertz CT molecular complexity index is 715. The first-order valence-corrected chi connectivity index (χ1v) is 9.45. The highest BCUT2D eigenvalue weighted by molar-refractivity contribution is 6.30. The number of esters is 1. The van der Waals surface area contributed by atoms with E-state index < -0.39 is 17.5 Å². The van der Waals surface area contributed by atoms with E-state index in [1.165, 1.54) is 4.90 Å². The molecule has 0 N–H and O–H groups in total. The number of carbonyl (C=O) groups excluding carboxylic acids is 3. The molecule has 1 saturated heterocycles. The molecule has 0 bridgehead atoms. The lowest BCUT2D eigenvalue weighted by atomic mass is 9.81. The van der Waals surface area contributed by atoms with Crippen molar-refractivity contribution < 1.29 is 23.9 Å². The zero-order valence-corrected chi connectivity index (χ0v) is 16.0. The number of urea groups is 1. The third-order valence-electron chi connectivity index (χ3n) is 5.20. The van der Waals surface area contributed by atoms with Crippen molar-refractivity contribution in [2.75, 3.05) is 26.8 Å². The number of benzene rings is 1. The standard InChI is InChI=1S/C19H23ClN2O5/c1-21-18(25)22(17(24)19(21)9-3-2-4-10-19)13-16(23)27-12-11-26-15-7-5-14(20)6-8-15/h5-8H,2-4,9-13H2,1H3. The van der Waals surface area contributed by atoms with E-state index in [2.05, 4.69) is 0 Å². The Kier molecular flexibility index (Phi) is 5.89. The fourth-order valence-electron chi connectivity index (χ4n) is 3.69. The molecule has 1 aromatic rings. The van der Waals surface area contributed by atoms with Crippen molar-refractivity contribution in [2.45, 2.75) is 37.6 Å². The Morgan fingerprint density at radius 3 is 2.44 bits per heavy atom. The van der Waals surface area contributed by atoms with E-state index in [0.717, 1.165) is 24.2 Å². The van der Waals surface area contributed by atoms with E-state index in [0.29, 0.717) is 23.6 Å². The summed E-state index contributed by atoms with van der Waals surface area (Å²) in [6, 6.07) is 6.39. The second-order valence-corrected chi connectivity index (χ2v) is 7.28. The van der Waals surface area contributed by atoms with E-state index in [4.69, 9.17) is 21.1 Å². The monoisotopic (exact) mass is 394 g/mol. The lowest BCUT2D eigenvalue weighted by molar-refractivity contribution is -0.148. The second kappa shape index (κ2) is 8.17. The minimum absolute atomic E-state index is 0.0265. The van der Waals surface area contributed by atoms with Gasteiger partial charge in [-0.2, -0.15) is 0 Å². The molecule has 0 unspecified atom stereocenters. The number of rotatable bonds is 6. The van der Waals surface area contributed by atoms with Crippen LogP contribution < -0.4 is 4.74 Å². The van der Waals surface area contributed by atoms with Crippen molar-refractivity contribution >= 4 is 29.5 Å². The molecule has 1 saturated carbocycles.